The second kappa shape index (κ2) is 12.5. The molecule has 1 unspecified atom stereocenters. The molecule has 1 saturated heterocycles. The number of aliphatic carboxylic acids is 1. The second-order valence-electron chi connectivity index (χ2n) is 12.3. The van der Waals surface area contributed by atoms with Crippen molar-refractivity contribution >= 4 is 23.1 Å². The number of likely N-dealkylation sites (tertiary alicyclic amines) is 1. The number of benzene rings is 2. The molecule has 1 fully saturated rings. The molecule has 1 amide bonds. The van der Waals surface area contributed by atoms with Crippen LogP contribution in [0.25, 0.3) is 22.7 Å². The Morgan fingerprint density at radius 3 is 2.43 bits per heavy atom. The minimum absolute atomic E-state index is 0.00974. The molecule has 0 bridgehead atoms. The average molecular weight is 639 g/mol. The Bertz CT molecular complexity index is 1780. The first-order valence-corrected chi connectivity index (χ1v) is 15.0. The Hall–Kier alpha value is -4.81. The van der Waals surface area contributed by atoms with Gasteiger partial charge in [-0.15, -0.1) is 0 Å². The Morgan fingerprint density at radius 1 is 1.07 bits per heavy atom. The largest absolute Gasteiger partial charge is 0.483 e. The highest BCUT2D eigenvalue weighted by molar-refractivity contribution is 5.89. The number of carbonyl (C=O) groups is 2. The smallest absolute Gasteiger partial charge is 0.330 e. The molecule has 4 aromatic rings. The zero-order valence-corrected chi connectivity index (χ0v) is 26.6. The second-order valence-corrected chi connectivity index (χ2v) is 12.3. The number of hydrogen-bond donors (Lipinski definition) is 1. The third-order valence-electron chi connectivity index (χ3n) is 8.07. The molecule has 1 atom stereocenters. The predicted molar refractivity (Wildman–Crippen MR) is 163 cm³/mol. The third kappa shape index (κ3) is 6.05. The number of carboxylic acids is 1. The number of fused-ring (bicyclic) bond motifs is 1. The standard InChI is InChI=1S/C33H36F2N4O7/c1-7-13-43-28-25-29(38-31(37-28)45-23-16-21(34)9-10-22(23)35)46-27(36-25)20-14-18(2)26(19(3)15-20)44-17-24(40)39-12-8-11-33(39,30(41)42)32(4,5)6/h9-10,14-16H,7-8,11-13,17H2,1-6H3,(H,41,42). The molecule has 2 aromatic heterocycles. The fraction of sp³-hybridized carbons (Fsp3) is 0.424. The van der Waals surface area contributed by atoms with Crippen LogP contribution in [0.4, 0.5) is 8.78 Å². The summed E-state index contributed by atoms with van der Waals surface area (Å²) in [5.74, 6) is -2.61. The van der Waals surface area contributed by atoms with E-state index in [9.17, 15) is 23.5 Å². The molecule has 13 heteroatoms. The van der Waals surface area contributed by atoms with E-state index in [0.717, 1.165) is 18.2 Å². The number of aryl methyl sites for hydroxylation is 2. The lowest BCUT2D eigenvalue weighted by atomic mass is 9.71. The topological polar surface area (TPSA) is 137 Å². The Balaban J connectivity index is 1.41. The van der Waals surface area contributed by atoms with Gasteiger partial charge in [0.1, 0.15) is 17.1 Å². The molecule has 1 N–H and O–H groups in total. The van der Waals surface area contributed by atoms with Crippen molar-refractivity contribution in [2.24, 2.45) is 5.41 Å². The zero-order valence-electron chi connectivity index (χ0n) is 26.6. The molecule has 11 nitrogen and oxygen atoms in total. The normalized spacial score (nSPS) is 16.6. The number of aromatic nitrogens is 3. The zero-order chi connectivity index (χ0) is 33.4. The van der Waals surface area contributed by atoms with Gasteiger partial charge in [-0.05, 0) is 73.9 Å². The van der Waals surface area contributed by atoms with Gasteiger partial charge in [0.15, 0.2) is 23.7 Å². The van der Waals surface area contributed by atoms with Gasteiger partial charge in [-0.3, -0.25) is 4.79 Å². The number of hydrogen-bond acceptors (Lipinski definition) is 9. The van der Waals surface area contributed by atoms with Gasteiger partial charge in [0, 0.05) is 18.2 Å². The van der Waals surface area contributed by atoms with E-state index in [0.29, 0.717) is 54.9 Å². The number of carboxylic acid groups (broad SMARTS) is 1. The van der Waals surface area contributed by atoms with Gasteiger partial charge in [0.05, 0.1) is 6.61 Å². The molecule has 1 aliphatic rings. The minimum Gasteiger partial charge on any atom is -0.483 e. The van der Waals surface area contributed by atoms with Crippen LogP contribution in [-0.4, -0.2) is 62.1 Å². The van der Waals surface area contributed by atoms with Crippen molar-refractivity contribution in [1.82, 2.24) is 19.9 Å². The fourth-order valence-corrected chi connectivity index (χ4v) is 5.89. The van der Waals surface area contributed by atoms with Crippen molar-refractivity contribution < 1.29 is 42.1 Å². The quantitative estimate of drug-likeness (QED) is 0.201. The van der Waals surface area contributed by atoms with Crippen molar-refractivity contribution in [3.8, 4) is 34.8 Å². The molecule has 2 aromatic carbocycles. The van der Waals surface area contributed by atoms with Gasteiger partial charge < -0.3 is 28.6 Å². The van der Waals surface area contributed by atoms with Gasteiger partial charge in [-0.2, -0.15) is 9.97 Å². The maximum atomic E-state index is 14.2. The lowest BCUT2D eigenvalue weighted by Gasteiger charge is -2.44. The molecule has 0 saturated carbocycles. The predicted octanol–water partition coefficient (Wildman–Crippen LogP) is 6.63. The van der Waals surface area contributed by atoms with E-state index >= 15 is 0 Å². The molecular weight excluding hydrogens is 602 g/mol. The summed E-state index contributed by atoms with van der Waals surface area (Å²) in [7, 11) is 0. The lowest BCUT2D eigenvalue weighted by molar-refractivity contribution is -0.165. The molecule has 0 spiro atoms. The van der Waals surface area contributed by atoms with Gasteiger partial charge in [-0.25, -0.2) is 18.6 Å². The molecule has 244 valence electrons. The van der Waals surface area contributed by atoms with Crippen molar-refractivity contribution in [1.29, 1.82) is 0 Å². The van der Waals surface area contributed by atoms with Crippen LogP contribution < -0.4 is 14.2 Å². The van der Waals surface area contributed by atoms with E-state index in [1.54, 1.807) is 26.0 Å². The fourth-order valence-electron chi connectivity index (χ4n) is 5.89. The lowest BCUT2D eigenvalue weighted by Crippen LogP contribution is -2.61. The molecular formula is C33H36F2N4O7. The number of halogens is 2. The van der Waals surface area contributed by atoms with E-state index in [4.69, 9.17) is 18.6 Å². The monoisotopic (exact) mass is 638 g/mol. The molecule has 3 heterocycles. The SMILES string of the molecule is CCCOc1nc(Oc2cc(F)ccc2F)nc2oc(-c3cc(C)c(OCC(=O)N4CCCC4(C(=O)O)C(C)(C)C)c(C)c3)nc12. The molecule has 1 aliphatic heterocycles. The summed E-state index contributed by atoms with van der Waals surface area (Å²) in [6.07, 6.45) is 1.63. The Kier molecular flexibility index (Phi) is 8.87. The summed E-state index contributed by atoms with van der Waals surface area (Å²) in [5, 5.41) is 10.1. The van der Waals surface area contributed by atoms with Crippen LogP contribution in [0.5, 0.6) is 23.4 Å². The Labute approximate surface area is 264 Å². The van der Waals surface area contributed by atoms with Crippen LogP contribution >= 0.6 is 0 Å². The number of rotatable bonds is 10. The number of oxazole rings is 1. The maximum Gasteiger partial charge on any atom is 0.330 e. The molecule has 0 aliphatic carbocycles. The van der Waals surface area contributed by atoms with E-state index in [2.05, 4.69) is 15.0 Å². The molecule has 0 radical (unpaired) electrons. The van der Waals surface area contributed by atoms with Gasteiger partial charge in [0.25, 0.3) is 17.5 Å². The van der Waals surface area contributed by atoms with Crippen LogP contribution in [0, 0.1) is 30.9 Å². The first-order valence-electron chi connectivity index (χ1n) is 15.0. The Morgan fingerprint density at radius 2 is 1.78 bits per heavy atom. The molecule has 5 rings (SSSR count). The summed E-state index contributed by atoms with van der Waals surface area (Å²) < 4.78 is 51.0. The van der Waals surface area contributed by atoms with Crippen LogP contribution in [0.1, 0.15) is 58.1 Å². The van der Waals surface area contributed by atoms with Crippen molar-refractivity contribution in [2.75, 3.05) is 19.8 Å². The minimum atomic E-state index is -1.31. The highest BCUT2D eigenvalue weighted by Gasteiger charge is 2.57. The number of amides is 1. The van der Waals surface area contributed by atoms with Crippen LogP contribution in [0.2, 0.25) is 0 Å². The van der Waals surface area contributed by atoms with Gasteiger partial charge in [-0.1, -0.05) is 27.7 Å². The van der Waals surface area contributed by atoms with E-state index in [-0.39, 0.29) is 35.6 Å². The summed E-state index contributed by atoms with van der Waals surface area (Å²) in [4.78, 5) is 40.1. The molecule has 46 heavy (non-hydrogen) atoms. The van der Waals surface area contributed by atoms with Gasteiger partial charge in [0.2, 0.25) is 5.89 Å². The number of ether oxygens (including phenoxy) is 3. The maximum absolute atomic E-state index is 14.2. The first-order chi connectivity index (χ1) is 21.7. The summed E-state index contributed by atoms with van der Waals surface area (Å²) in [5.41, 5.74) is 0.180. The van der Waals surface area contributed by atoms with E-state index < -0.39 is 40.2 Å². The summed E-state index contributed by atoms with van der Waals surface area (Å²) in [6, 6.07) is 5.99. The van der Waals surface area contributed by atoms with Crippen LogP contribution in [0.15, 0.2) is 34.7 Å². The van der Waals surface area contributed by atoms with E-state index in [1.807, 2.05) is 27.7 Å². The van der Waals surface area contributed by atoms with E-state index in [1.165, 1.54) is 4.90 Å². The van der Waals surface area contributed by atoms with Crippen molar-refractivity contribution in [3.63, 3.8) is 0 Å². The number of nitrogens with zero attached hydrogens (tertiary/aromatic N) is 4. The van der Waals surface area contributed by atoms with Gasteiger partial charge >= 0.3 is 12.0 Å². The first kappa shape index (κ1) is 32.6. The highest BCUT2D eigenvalue weighted by atomic mass is 19.1. The van der Waals surface area contributed by atoms with Crippen molar-refractivity contribution in [3.05, 3.63) is 53.1 Å². The summed E-state index contributed by atoms with van der Waals surface area (Å²) in [6.45, 7) is 11.3. The average Bonchev–Trinajstić information content (AvgIpc) is 3.63. The van der Waals surface area contributed by atoms with Crippen LogP contribution in [0.3, 0.4) is 0 Å². The number of carbonyl (C=O) groups excluding carboxylic acids is 1. The highest BCUT2D eigenvalue weighted by Crippen LogP contribution is 2.44. The van der Waals surface area contributed by atoms with Crippen molar-refractivity contribution in [2.45, 2.75) is 66.3 Å². The third-order valence-corrected chi connectivity index (χ3v) is 8.07. The van der Waals surface area contributed by atoms with Crippen LogP contribution in [-0.2, 0) is 9.59 Å². The summed E-state index contributed by atoms with van der Waals surface area (Å²) >= 11 is 0.